The van der Waals surface area contributed by atoms with Crippen LogP contribution in [0.2, 0.25) is 0 Å². The molecule has 4 heteroatoms. The van der Waals surface area contributed by atoms with Crippen LogP contribution in [0.4, 0.5) is 0 Å². The Balaban J connectivity index is 1.44. The molecule has 1 aromatic rings. The minimum absolute atomic E-state index is 0.0186. The third kappa shape index (κ3) is 4.16. The fourth-order valence-electron chi connectivity index (χ4n) is 5.31. The van der Waals surface area contributed by atoms with E-state index in [0.29, 0.717) is 18.0 Å². The Morgan fingerprint density at radius 3 is 2.64 bits per heavy atom. The summed E-state index contributed by atoms with van der Waals surface area (Å²) >= 11 is 0. The lowest BCUT2D eigenvalue weighted by atomic mass is 9.84. The summed E-state index contributed by atoms with van der Waals surface area (Å²) in [6.07, 6.45) is 13.5. The molecule has 2 amide bonds. The van der Waals surface area contributed by atoms with Crippen LogP contribution in [-0.2, 0) is 4.79 Å². The van der Waals surface area contributed by atoms with Crippen LogP contribution in [0, 0.1) is 5.92 Å². The van der Waals surface area contributed by atoms with Gasteiger partial charge in [-0.25, -0.2) is 0 Å². The van der Waals surface area contributed by atoms with Crippen LogP contribution in [-0.4, -0.2) is 35.3 Å². The van der Waals surface area contributed by atoms with Crippen molar-refractivity contribution in [3.05, 3.63) is 47.5 Å². The van der Waals surface area contributed by atoms with Gasteiger partial charge in [0.25, 0.3) is 5.91 Å². The van der Waals surface area contributed by atoms with E-state index in [2.05, 4.69) is 11.4 Å². The molecule has 1 heterocycles. The van der Waals surface area contributed by atoms with Crippen LogP contribution >= 0.6 is 0 Å². The van der Waals surface area contributed by atoms with Gasteiger partial charge in [0, 0.05) is 18.2 Å². The van der Waals surface area contributed by atoms with Gasteiger partial charge in [0.05, 0.1) is 0 Å². The first-order chi connectivity index (χ1) is 13.7. The number of fused-ring (bicyclic) bond motifs is 1. The van der Waals surface area contributed by atoms with Gasteiger partial charge in [-0.2, -0.15) is 0 Å². The largest absolute Gasteiger partial charge is 0.354 e. The van der Waals surface area contributed by atoms with Gasteiger partial charge in [-0.1, -0.05) is 42.7 Å². The first kappa shape index (κ1) is 19.2. The van der Waals surface area contributed by atoms with E-state index in [9.17, 15) is 9.59 Å². The van der Waals surface area contributed by atoms with Gasteiger partial charge in [-0.05, 0) is 69.4 Å². The number of nitrogens with zero attached hydrogens (tertiary/aromatic N) is 1. The minimum Gasteiger partial charge on any atom is -0.354 e. The van der Waals surface area contributed by atoms with Crippen molar-refractivity contribution >= 4 is 11.8 Å². The Kier molecular flexibility index (Phi) is 6.13. The zero-order chi connectivity index (χ0) is 19.3. The Morgan fingerprint density at radius 2 is 1.86 bits per heavy atom. The van der Waals surface area contributed by atoms with E-state index >= 15 is 0 Å². The van der Waals surface area contributed by atoms with E-state index in [4.69, 9.17) is 0 Å². The maximum atomic E-state index is 13.3. The number of benzene rings is 1. The molecule has 1 saturated heterocycles. The smallest absolute Gasteiger partial charge is 0.254 e. The third-order valence-electron chi connectivity index (χ3n) is 6.78. The summed E-state index contributed by atoms with van der Waals surface area (Å²) in [5.74, 6) is 0.526. The van der Waals surface area contributed by atoms with E-state index in [1.54, 1.807) is 0 Å². The summed E-state index contributed by atoms with van der Waals surface area (Å²) in [6, 6.07) is 9.35. The molecule has 0 spiro atoms. The monoisotopic (exact) mass is 380 g/mol. The number of carbonyl (C=O) groups excluding carboxylic acids is 2. The molecule has 1 aliphatic heterocycles. The molecule has 3 atom stereocenters. The SMILES string of the molecule is O=C(NCCC1=CCCCC1)[C@@H]1C[C@H]2CCCC[C@@H]2N1C(=O)c1ccccc1. The molecule has 2 fully saturated rings. The van der Waals surface area contributed by atoms with E-state index in [1.807, 2.05) is 35.2 Å². The van der Waals surface area contributed by atoms with Crippen molar-refractivity contribution in [3.63, 3.8) is 0 Å². The lowest BCUT2D eigenvalue weighted by Crippen LogP contribution is -2.49. The van der Waals surface area contributed by atoms with Crippen molar-refractivity contribution in [2.24, 2.45) is 5.92 Å². The second-order valence-electron chi connectivity index (χ2n) is 8.59. The van der Waals surface area contributed by atoms with Crippen LogP contribution in [0.5, 0.6) is 0 Å². The normalized spacial score (nSPS) is 27.1. The molecule has 150 valence electrons. The number of hydrogen-bond acceptors (Lipinski definition) is 2. The van der Waals surface area contributed by atoms with Gasteiger partial charge in [-0.3, -0.25) is 9.59 Å². The van der Waals surface area contributed by atoms with E-state index < -0.39 is 0 Å². The maximum Gasteiger partial charge on any atom is 0.254 e. The molecule has 1 aromatic carbocycles. The second-order valence-corrected chi connectivity index (χ2v) is 8.59. The third-order valence-corrected chi connectivity index (χ3v) is 6.78. The number of carbonyl (C=O) groups is 2. The van der Waals surface area contributed by atoms with Gasteiger partial charge >= 0.3 is 0 Å². The lowest BCUT2D eigenvalue weighted by Gasteiger charge is -2.33. The molecule has 0 aromatic heterocycles. The fourth-order valence-corrected chi connectivity index (χ4v) is 5.31. The first-order valence-electron chi connectivity index (χ1n) is 11.1. The van der Waals surface area contributed by atoms with Gasteiger partial charge in [0.2, 0.25) is 5.91 Å². The standard InChI is InChI=1S/C24H32N2O2/c27-23(25-16-15-18-9-3-1-4-10-18)22-17-20-13-7-8-14-21(20)26(22)24(28)19-11-5-2-6-12-19/h2,5-6,9,11-12,20-22H,1,3-4,7-8,10,13-17H2,(H,25,27)/t20-,21+,22+/m1/s1. The zero-order valence-electron chi connectivity index (χ0n) is 16.7. The number of nitrogens with one attached hydrogen (secondary N) is 1. The van der Waals surface area contributed by atoms with Crippen molar-refractivity contribution in [1.82, 2.24) is 10.2 Å². The van der Waals surface area contributed by atoms with Crippen LogP contribution in [0.1, 0.15) is 74.6 Å². The van der Waals surface area contributed by atoms with Crippen LogP contribution in [0.15, 0.2) is 42.0 Å². The molecule has 3 aliphatic rings. The summed E-state index contributed by atoms with van der Waals surface area (Å²) in [5, 5.41) is 3.14. The fraction of sp³-hybridized carbons (Fsp3) is 0.583. The molecule has 0 bridgehead atoms. The first-order valence-corrected chi connectivity index (χ1v) is 11.1. The number of likely N-dealkylation sites (tertiary alicyclic amines) is 1. The molecular formula is C24H32N2O2. The molecule has 1 saturated carbocycles. The van der Waals surface area contributed by atoms with E-state index in [0.717, 1.165) is 32.1 Å². The summed E-state index contributed by atoms with van der Waals surface area (Å²) in [4.78, 5) is 28.3. The average Bonchev–Trinajstić information content (AvgIpc) is 3.14. The van der Waals surface area contributed by atoms with Gasteiger partial charge < -0.3 is 10.2 Å². The van der Waals surface area contributed by atoms with Gasteiger partial charge in [0.15, 0.2) is 0 Å². The van der Waals surface area contributed by atoms with Crippen molar-refractivity contribution in [2.75, 3.05) is 6.54 Å². The predicted octanol–water partition coefficient (Wildman–Crippen LogP) is 4.47. The highest BCUT2D eigenvalue weighted by molar-refractivity contribution is 5.98. The topological polar surface area (TPSA) is 49.4 Å². The quantitative estimate of drug-likeness (QED) is 0.767. The Hall–Kier alpha value is -2.10. The van der Waals surface area contributed by atoms with Crippen LogP contribution < -0.4 is 5.32 Å². The highest BCUT2D eigenvalue weighted by atomic mass is 16.2. The molecule has 2 aliphatic carbocycles. The summed E-state index contributed by atoms with van der Waals surface area (Å²) < 4.78 is 0. The Morgan fingerprint density at radius 1 is 1.04 bits per heavy atom. The predicted molar refractivity (Wildman–Crippen MR) is 111 cm³/mol. The Bertz CT molecular complexity index is 727. The van der Waals surface area contributed by atoms with Crippen molar-refractivity contribution < 1.29 is 9.59 Å². The van der Waals surface area contributed by atoms with Gasteiger partial charge in [-0.15, -0.1) is 0 Å². The Labute approximate surface area is 168 Å². The molecule has 0 unspecified atom stereocenters. The highest BCUT2D eigenvalue weighted by Crippen LogP contribution is 2.40. The minimum atomic E-state index is -0.318. The van der Waals surface area contributed by atoms with E-state index in [-0.39, 0.29) is 23.9 Å². The van der Waals surface area contributed by atoms with Crippen molar-refractivity contribution in [2.45, 2.75) is 76.3 Å². The number of hydrogen-bond donors (Lipinski definition) is 1. The van der Waals surface area contributed by atoms with Crippen LogP contribution in [0.3, 0.4) is 0 Å². The average molecular weight is 381 g/mol. The van der Waals surface area contributed by atoms with Crippen LogP contribution in [0.25, 0.3) is 0 Å². The molecule has 0 radical (unpaired) electrons. The highest BCUT2D eigenvalue weighted by Gasteiger charge is 2.47. The lowest BCUT2D eigenvalue weighted by molar-refractivity contribution is -0.125. The summed E-state index contributed by atoms with van der Waals surface area (Å²) in [6.45, 7) is 0.684. The van der Waals surface area contributed by atoms with Crippen molar-refractivity contribution in [1.29, 1.82) is 0 Å². The van der Waals surface area contributed by atoms with Gasteiger partial charge in [0.1, 0.15) is 6.04 Å². The van der Waals surface area contributed by atoms with Crippen molar-refractivity contribution in [3.8, 4) is 0 Å². The zero-order valence-corrected chi connectivity index (χ0v) is 16.7. The molecule has 4 nitrogen and oxygen atoms in total. The number of amides is 2. The second kappa shape index (κ2) is 8.93. The maximum absolute atomic E-state index is 13.3. The summed E-state index contributed by atoms with van der Waals surface area (Å²) in [5.41, 5.74) is 2.17. The molecule has 28 heavy (non-hydrogen) atoms. The molecule has 1 N–H and O–H groups in total. The van der Waals surface area contributed by atoms with E-state index in [1.165, 1.54) is 37.7 Å². The molecule has 4 rings (SSSR count). The molecular weight excluding hydrogens is 348 g/mol. The number of rotatable bonds is 5. The summed E-state index contributed by atoms with van der Waals surface area (Å²) in [7, 11) is 0. The number of allylic oxidation sites excluding steroid dienone is 1.